The van der Waals surface area contributed by atoms with Crippen LogP contribution in [0.2, 0.25) is 0 Å². The molecular weight excluding hydrogens is 294 g/mol. The van der Waals surface area contributed by atoms with E-state index in [2.05, 4.69) is 58.4 Å². The highest BCUT2D eigenvalue weighted by atomic mass is 15.1. The quantitative estimate of drug-likeness (QED) is 0.400. The SMILES string of the molecule is Cn1cc(-c2ccccc2N=Nc2ccccc2)c2ccccc21. The van der Waals surface area contributed by atoms with Crippen molar-refractivity contribution in [3.63, 3.8) is 0 Å². The number of benzene rings is 3. The number of para-hydroxylation sites is 1. The van der Waals surface area contributed by atoms with Crippen LogP contribution >= 0.6 is 0 Å². The third-order valence-electron chi connectivity index (χ3n) is 4.12. The molecule has 0 radical (unpaired) electrons. The molecule has 0 aliphatic rings. The van der Waals surface area contributed by atoms with Gasteiger partial charge in [0.25, 0.3) is 0 Å². The van der Waals surface area contributed by atoms with Crippen LogP contribution in [0.5, 0.6) is 0 Å². The fraction of sp³-hybridized carbons (Fsp3) is 0.0476. The van der Waals surface area contributed by atoms with E-state index in [4.69, 9.17) is 0 Å². The fourth-order valence-electron chi connectivity index (χ4n) is 2.95. The summed E-state index contributed by atoms with van der Waals surface area (Å²) in [6, 6.07) is 26.3. The molecule has 3 nitrogen and oxygen atoms in total. The molecule has 0 N–H and O–H groups in total. The molecule has 0 saturated carbocycles. The minimum absolute atomic E-state index is 0.852. The highest BCUT2D eigenvalue weighted by molar-refractivity contribution is 5.98. The predicted molar refractivity (Wildman–Crippen MR) is 99.0 cm³/mol. The Morgan fingerprint density at radius 2 is 1.38 bits per heavy atom. The Hall–Kier alpha value is -3.20. The van der Waals surface area contributed by atoms with Crippen LogP contribution in [-0.4, -0.2) is 4.57 Å². The molecule has 1 aromatic heterocycles. The van der Waals surface area contributed by atoms with Crippen molar-refractivity contribution in [2.24, 2.45) is 17.3 Å². The first-order valence-corrected chi connectivity index (χ1v) is 7.93. The second kappa shape index (κ2) is 6.13. The van der Waals surface area contributed by atoms with Crippen LogP contribution in [0, 0.1) is 0 Å². The van der Waals surface area contributed by atoms with Crippen LogP contribution < -0.4 is 0 Å². The van der Waals surface area contributed by atoms with Crippen LogP contribution in [-0.2, 0) is 7.05 Å². The zero-order valence-electron chi connectivity index (χ0n) is 13.4. The Bertz CT molecular complexity index is 1010. The molecule has 0 aliphatic heterocycles. The number of nitrogens with zero attached hydrogens (tertiary/aromatic N) is 3. The van der Waals surface area contributed by atoms with Gasteiger partial charge in [-0.15, -0.1) is 5.11 Å². The van der Waals surface area contributed by atoms with E-state index in [0.717, 1.165) is 16.9 Å². The number of hydrogen-bond donors (Lipinski definition) is 0. The number of fused-ring (bicyclic) bond motifs is 1. The maximum Gasteiger partial charge on any atom is 0.0936 e. The molecule has 0 fully saturated rings. The van der Waals surface area contributed by atoms with Crippen molar-refractivity contribution in [1.29, 1.82) is 0 Å². The molecule has 3 heteroatoms. The summed E-state index contributed by atoms with van der Waals surface area (Å²) in [6.45, 7) is 0. The third kappa shape index (κ3) is 2.61. The standard InChI is InChI=1S/C21H17N3/c1-24-15-19(18-12-6-8-14-21(18)24)17-11-5-7-13-20(17)23-22-16-9-3-2-4-10-16/h2-15H,1H3. The highest BCUT2D eigenvalue weighted by Crippen LogP contribution is 2.36. The molecule has 24 heavy (non-hydrogen) atoms. The lowest BCUT2D eigenvalue weighted by Gasteiger charge is -2.03. The second-order valence-corrected chi connectivity index (χ2v) is 5.72. The minimum Gasteiger partial charge on any atom is -0.350 e. The molecule has 0 aliphatic carbocycles. The van der Waals surface area contributed by atoms with Gasteiger partial charge >= 0.3 is 0 Å². The van der Waals surface area contributed by atoms with E-state index >= 15 is 0 Å². The monoisotopic (exact) mass is 311 g/mol. The van der Waals surface area contributed by atoms with E-state index in [9.17, 15) is 0 Å². The highest BCUT2D eigenvalue weighted by Gasteiger charge is 2.11. The third-order valence-corrected chi connectivity index (χ3v) is 4.12. The summed E-state index contributed by atoms with van der Waals surface area (Å²) in [7, 11) is 2.07. The van der Waals surface area contributed by atoms with Gasteiger partial charge in [0.1, 0.15) is 0 Å². The zero-order valence-corrected chi connectivity index (χ0v) is 13.4. The van der Waals surface area contributed by atoms with E-state index in [0.29, 0.717) is 0 Å². The lowest BCUT2D eigenvalue weighted by Crippen LogP contribution is -1.81. The molecule has 116 valence electrons. The molecule has 0 spiro atoms. The summed E-state index contributed by atoms with van der Waals surface area (Å²) >= 11 is 0. The maximum absolute atomic E-state index is 4.48. The topological polar surface area (TPSA) is 29.6 Å². The Morgan fingerprint density at radius 3 is 2.25 bits per heavy atom. The average Bonchev–Trinajstić information content (AvgIpc) is 2.98. The van der Waals surface area contributed by atoms with Crippen LogP contribution in [0.1, 0.15) is 0 Å². The maximum atomic E-state index is 4.48. The normalized spacial score (nSPS) is 11.4. The largest absolute Gasteiger partial charge is 0.350 e. The van der Waals surface area contributed by atoms with Crippen LogP contribution in [0.4, 0.5) is 11.4 Å². The molecule has 0 bridgehead atoms. The summed E-state index contributed by atoms with van der Waals surface area (Å²) in [5.74, 6) is 0. The van der Waals surface area contributed by atoms with Crippen LogP contribution in [0.15, 0.2) is 95.3 Å². The van der Waals surface area contributed by atoms with Crippen molar-refractivity contribution in [3.05, 3.63) is 85.1 Å². The van der Waals surface area contributed by atoms with Gasteiger partial charge in [-0.1, -0.05) is 54.6 Å². The van der Waals surface area contributed by atoms with Crippen LogP contribution in [0.25, 0.3) is 22.0 Å². The number of azo groups is 1. The lowest BCUT2D eigenvalue weighted by molar-refractivity contribution is 0.970. The molecule has 4 rings (SSSR count). The minimum atomic E-state index is 0.852. The molecule has 1 heterocycles. The van der Waals surface area contributed by atoms with Gasteiger partial charge in [0.05, 0.1) is 11.4 Å². The summed E-state index contributed by atoms with van der Waals surface area (Å²) in [4.78, 5) is 0. The Labute approximate surface area is 140 Å². The smallest absolute Gasteiger partial charge is 0.0936 e. The molecule has 0 amide bonds. The van der Waals surface area contributed by atoms with Crippen molar-refractivity contribution in [3.8, 4) is 11.1 Å². The van der Waals surface area contributed by atoms with Gasteiger partial charge in [-0.05, 0) is 24.3 Å². The molecule has 4 aromatic rings. The van der Waals surface area contributed by atoms with Crippen molar-refractivity contribution in [1.82, 2.24) is 4.57 Å². The predicted octanol–water partition coefficient (Wildman–Crippen LogP) is 6.26. The van der Waals surface area contributed by atoms with E-state index in [1.807, 2.05) is 48.5 Å². The van der Waals surface area contributed by atoms with Crippen molar-refractivity contribution >= 4 is 22.3 Å². The van der Waals surface area contributed by atoms with Crippen molar-refractivity contribution in [2.75, 3.05) is 0 Å². The fourth-order valence-corrected chi connectivity index (χ4v) is 2.95. The molecule has 0 unspecified atom stereocenters. The Morgan fingerprint density at radius 1 is 0.667 bits per heavy atom. The lowest BCUT2D eigenvalue weighted by atomic mass is 10.0. The summed E-state index contributed by atoms with van der Waals surface area (Å²) < 4.78 is 2.15. The summed E-state index contributed by atoms with van der Waals surface area (Å²) in [6.07, 6.45) is 2.15. The van der Waals surface area contributed by atoms with E-state index in [1.54, 1.807) is 0 Å². The van der Waals surface area contributed by atoms with Gasteiger partial charge < -0.3 is 4.57 Å². The number of rotatable bonds is 3. The number of aryl methyl sites for hydroxylation is 1. The van der Waals surface area contributed by atoms with E-state index < -0.39 is 0 Å². The first-order valence-electron chi connectivity index (χ1n) is 7.93. The first-order chi connectivity index (χ1) is 11.8. The van der Waals surface area contributed by atoms with Gasteiger partial charge in [-0.25, -0.2) is 0 Å². The van der Waals surface area contributed by atoms with E-state index in [-0.39, 0.29) is 0 Å². The zero-order chi connectivity index (χ0) is 16.4. The molecule has 0 atom stereocenters. The van der Waals surface area contributed by atoms with Gasteiger partial charge in [-0.3, -0.25) is 0 Å². The second-order valence-electron chi connectivity index (χ2n) is 5.72. The van der Waals surface area contributed by atoms with Crippen LogP contribution in [0.3, 0.4) is 0 Å². The number of hydrogen-bond acceptors (Lipinski definition) is 2. The molecule has 3 aromatic carbocycles. The van der Waals surface area contributed by atoms with E-state index in [1.165, 1.54) is 16.5 Å². The van der Waals surface area contributed by atoms with Crippen molar-refractivity contribution in [2.45, 2.75) is 0 Å². The van der Waals surface area contributed by atoms with Gasteiger partial charge in [0, 0.05) is 35.3 Å². The van der Waals surface area contributed by atoms with Gasteiger partial charge in [-0.2, -0.15) is 5.11 Å². The van der Waals surface area contributed by atoms with Gasteiger partial charge in [0.15, 0.2) is 0 Å². The van der Waals surface area contributed by atoms with Gasteiger partial charge in [0.2, 0.25) is 0 Å². The average molecular weight is 311 g/mol. The first kappa shape index (κ1) is 14.4. The Balaban J connectivity index is 1.83. The Kier molecular flexibility index (Phi) is 3.67. The summed E-state index contributed by atoms with van der Waals surface area (Å²) in [5, 5.41) is 10.1. The summed E-state index contributed by atoms with van der Waals surface area (Å²) in [5.41, 5.74) is 5.20. The number of aromatic nitrogens is 1. The molecular formula is C21H17N3. The molecule has 0 saturated heterocycles. The van der Waals surface area contributed by atoms with Crippen molar-refractivity contribution < 1.29 is 0 Å².